The smallest absolute Gasteiger partial charge is 0.428 e. The summed E-state index contributed by atoms with van der Waals surface area (Å²) < 4.78 is 80.8. The number of hydrogen-bond acceptors (Lipinski definition) is 4. The molecule has 3 rings (SSSR count). The molecule has 2 aromatic carbocycles. The molecule has 0 atom stereocenters. The number of benzene rings is 2. The Kier molecular flexibility index (Phi) is 6.67. The van der Waals surface area contributed by atoms with Crippen molar-refractivity contribution in [3.63, 3.8) is 0 Å². The summed E-state index contributed by atoms with van der Waals surface area (Å²) in [7, 11) is -3.57. The average molecular weight is 444 g/mol. The third kappa shape index (κ3) is 5.51. The predicted octanol–water partition coefficient (Wildman–Crippen LogP) is 4.05. The quantitative estimate of drug-likeness (QED) is 0.605. The summed E-state index contributed by atoms with van der Waals surface area (Å²) in [4.78, 5) is 1.88. The molecule has 0 spiro atoms. The van der Waals surface area contributed by atoms with Gasteiger partial charge in [0.15, 0.2) is 0 Å². The number of nitrogens with zero attached hydrogens (tertiary/aromatic N) is 2. The molecule has 1 fully saturated rings. The highest BCUT2D eigenvalue weighted by molar-refractivity contribution is 7.92. The van der Waals surface area contributed by atoms with E-state index < -0.39 is 22.6 Å². The van der Waals surface area contributed by atoms with Gasteiger partial charge in [-0.25, -0.2) is 8.42 Å². The van der Waals surface area contributed by atoms with Gasteiger partial charge in [-0.1, -0.05) is 30.3 Å². The predicted molar refractivity (Wildman–Crippen MR) is 106 cm³/mol. The van der Waals surface area contributed by atoms with Crippen LogP contribution in [0.4, 0.5) is 23.2 Å². The van der Waals surface area contributed by atoms with Gasteiger partial charge in [-0.05, 0) is 35.9 Å². The van der Waals surface area contributed by atoms with E-state index in [1.807, 2.05) is 23.1 Å². The second-order valence-electron chi connectivity index (χ2n) is 6.60. The molecule has 2 aromatic rings. The number of ether oxygens (including phenoxy) is 1. The molecule has 0 aliphatic carbocycles. The molecule has 1 heterocycles. The maximum absolute atomic E-state index is 13.0. The van der Waals surface area contributed by atoms with Crippen molar-refractivity contribution in [3.8, 4) is 5.75 Å². The summed E-state index contributed by atoms with van der Waals surface area (Å²) in [6, 6.07) is 14.4. The van der Waals surface area contributed by atoms with Gasteiger partial charge in [0, 0.05) is 37.3 Å². The Morgan fingerprint density at radius 3 is 2.10 bits per heavy atom. The Labute approximate surface area is 172 Å². The highest BCUT2D eigenvalue weighted by atomic mass is 32.2. The number of halogens is 4. The second kappa shape index (κ2) is 9.05. The van der Waals surface area contributed by atoms with E-state index in [1.54, 1.807) is 12.1 Å². The van der Waals surface area contributed by atoms with Crippen molar-refractivity contribution < 1.29 is 30.7 Å². The van der Waals surface area contributed by atoms with Crippen molar-refractivity contribution in [2.24, 2.45) is 0 Å². The number of sulfonamides is 1. The van der Waals surface area contributed by atoms with Crippen molar-refractivity contribution in [1.82, 2.24) is 4.31 Å². The minimum atomic E-state index is -4.56. The SMILES string of the molecule is O=S(=O)(C=Cc1ccccc1)N1CCN(c2ccc(OC(F)(F)C(F)F)cc2)CC1. The van der Waals surface area contributed by atoms with Gasteiger partial charge < -0.3 is 9.64 Å². The van der Waals surface area contributed by atoms with Crippen molar-refractivity contribution in [2.75, 3.05) is 31.1 Å². The van der Waals surface area contributed by atoms with E-state index in [9.17, 15) is 26.0 Å². The fourth-order valence-electron chi connectivity index (χ4n) is 2.94. The first-order valence-corrected chi connectivity index (χ1v) is 10.6. The largest absolute Gasteiger partial charge is 0.461 e. The molecule has 0 bridgehead atoms. The molecule has 0 radical (unpaired) electrons. The molecule has 0 unspecified atom stereocenters. The minimum Gasteiger partial charge on any atom is -0.428 e. The maximum Gasteiger partial charge on any atom is 0.461 e. The van der Waals surface area contributed by atoms with E-state index in [1.165, 1.54) is 40.1 Å². The van der Waals surface area contributed by atoms with Crippen LogP contribution in [-0.4, -0.2) is 51.4 Å². The Hall–Kier alpha value is -2.59. The molecular weight excluding hydrogens is 424 g/mol. The average Bonchev–Trinajstić information content (AvgIpc) is 2.73. The monoisotopic (exact) mass is 444 g/mol. The second-order valence-corrected chi connectivity index (χ2v) is 8.42. The number of piperazine rings is 1. The van der Waals surface area contributed by atoms with Crippen molar-refractivity contribution in [3.05, 3.63) is 65.6 Å². The van der Waals surface area contributed by atoms with Crippen LogP contribution in [0, 0.1) is 0 Å². The van der Waals surface area contributed by atoms with Crippen LogP contribution in [0.25, 0.3) is 6.08 Å². The van der Waals surface area contributed by atoms with E-state index in [-0.39, 0.29) is 18.8 Å². The van der Waals surface area contributed by atoms with Gasteiger partial charge in [0.1, 0.15) is 5.75 Å². The van der Waals surface area contributed by atoms with Gasteiger partial charge >= 0.3 is 12.5 Å². The zero-order chi connectivity index (χ0) is 21.8. The van der Waals surface area contributed by atoms with Crippen molar-refractivity contribution >= 4 is 21.8 Å². The van der Waals surface area contributed by atoms with Crippen LogP contribution >= 0.6 is 0 Å². The Bertz CT molecular complexity index is 959. The molecule has 1 aliphatic rings. The zero-order valence-corrected chi connectivity index (χ0v) is 16.6. The highest BCUT2D eigenvalue weighted by Crippen LogP contribution is 2.29. The Morgan fingerprint density at radius 1 is 0.933 bits per heavy atom. The van der Waals surface area contributed by atoms with Crippen LogP contribution in [0.1, 0.15) is 5.56 Å². The molecule has 30 heavy (non-hydrogen) atoms. The van der Waals surface area contributed by atoms with E-state index in [0.717, 1.165) is 5.56 Å². The number of rotatable bonds is 7. The topological polar surface area (TPSA) is 49.9 Å². The van der Waals surface area contributed by atoms with Gasteiger partial charge in [0.05, 0.1) is 0 Å². The lowest BCUT2D eigenvalue weighted by atomic mass is 10.2. The van der Waals surface area contributed by atoms with E-state index in [2.05, 4.69) is 4.74 Å². The first-order chi connectivity index (χ1) is 14.2. The van der Waals surface area contributed by atoms with Crippen LogP contribution in [0.5, 0.6) is 5.75 Å². The summed E-state index contributed by atoms with van der Waals surface area (Å²) in [5.74, 6) is -0.378. The number of alkyl halides is 4. The Morgan fingerprint density at radius 2 is 1.53 bits per heavy atom. The lowest BCUT2D eigenvalue weighted by Gasteiger charge is -2.34. The van der Waals surface area contributed by atoms with E-state index in [4.69, 9.17) is 0 Å². The Balaban J connectivity index is 1.58. The van der Waals surface area contributed by atoms with Crippen molar-refractivity contribution in [1.29, 1.82) is 0 Å². The molecule has 1 aliphatic heterocycles. The van der Waals surface area contributed by atoms with Crippen LogP contribution in [0.3, 0.4) is 0 Å². The third-order valence-corrected chi connectivity index (χ3v) is 6.11. The lowest BCUT2D eigenvalue weighted by Crippen LogP contribution is -2.48. The van der Waals surface area contributed by atoms with Gasteiger partial charge in [-0.15, -0.1) is 0 Å². The fraction of sp³-hybridized carbons (Fsp3) is 0.300. The molecule has 0 saturated carbocycles. The fourth-order valence-corrected chi connectivity index (χ4v) is 4.12. The zero-order valence-electron chi connectivity index (χ0n) is 15.8. The molecule has 0 N–H and O–H groups in total. The van der Waals surface area contributed by atoms with Crippen LogP contribution < -0.4 is 9.64 Å². The lowest BCUT2D eigenvalue weighted by molar-refractivity contribution is -0.253. The molecule has 0 aromatic heterocycles. The normalized spacial score (nSPS) is 16.4. The van der Waals surface area contributed by atoms with Gasteiger partial charge in [-0.3, -0.25) is 0 Å². The third-order valence-electron chi connectivity index (χ3n) is 4.54. The van der Waals surface area contributed by atoms with Gasteiger partial charge in [0.25, 0.3) is 0 Å². The highest BCUT2D eigenvalue weighted by Gasteiger charge is 2.43. The molecule has 10 heteroatoms. The minimum absolute atomic E-state index is 0.253. The van der Waals surface area contributed by atoms with Crippen LogP contribution in [-0.2, 0) is 10.0 Å². The maximum atomic E-state index is 13.0. The summed E-state index contributed by atoms with van der Waals surface area (Å²) >= 11 is 0. The van der Waals surface area contributed by atoms with E-state index in [0.29, 0.717) is 18.8 Å². The van der Waals surface area contributed by atoms with Crippen LogP contribution in [0.15, 0.2) is 60.0 Å². The summed E-state index contributed by atoms with van der Waals surface area (Å²) in [6.07, 6.45) is -6.95. The van der Waals surface area contributed by atoms with Gasteiger partial charge in [0.2, 0.25) is 10.0 Å². The summed E-state index contributed by atoms with van der Waals surface area (Å²) in [5.41, 5.74) is 1.43. The van der Waals surface area contributed by atoms with Crippen LogP contribution in [0.2, 0.25) is 0 Å². The summed E-state index contributed by atoms with van der Waals surface area (Å²) in [5, 5.41) is 1.17. The molecule has 5 nitrogen and oxygen atoms in total. The standard InChI is InChI=1S/C20H20F4N2O3S/c21-19(22)20(23,24)29-18-8-6-17(7-9-18)25-11-13-26(14-12-25)30(27,28)15-10-16-4-2-1-3-5-16/h1-10,15,19H,11-14H2. The summed E-state index contributed by atoms with van der Waals surface area (Å²) in [6.45, 7) is 1.30. The van der Waals surface area contributed by atoms with Gasteiger partial charge in [-0.2, -0.15) is 21.9 Å². The molecule has 162 valence electrons. The molecule has 1 saturated heterocycles. The molecular formula is C20H20F4N2O3S. The number of hydrogen-bond donors (Lipinski definition) is 0. The van der Waals surface area contributed by atoms with E-state index >= 15 is 0 Å². The first kappa shape index (κ1) is 22.1. The molecule has 0 amide bonds. The first-order valence-electron chi connectivity index (χ1n) is 9.11. The number of anilines is 1. The van der Waals surface area contributed by atoms with Crippen molar-refractivity contribution in [2.45, 2.75) is 12.5 Å².